The fourth-order valence-corrected chi connectivity index (χ4v) is 2.14. The van der Waals surface area contributed by atoms with Crippen molar-refractivity contribution in [1.82, 2.24) is 0 Å². The van der Waals surface area contributed by atoms with Gasteiger partial charge in [0, 0.05) is 24.1 Å². The van der Waals surface area contributed by atoms with Crippen LogP contribution in [0, 0.1) is 5.82 Å². The molecule has 0 spiro atoms. The van der Waals surface area contributed by atoms with Crippen molar-refractivity contribution in [1.29, 1.82) is 0 Å². The summed E-state index contributed by atoms with van der Waals surface area (Å²) in [4.78, 5) is 13.1. The van der Waals surface area contributed by atoms with E-state index in [0.29, 0.717) is 5.69 Å². The minimum atomic E-state index is -3.40. The number of anilines is 1. The molecule has 0 fully saturated rings. The second-order valence-corrected chi connectivity index (χ2v) is 5.98. The predicted octanol–water partition coefficient (Wildman–Crippen LogP) is 2.13. The molecule has 0 heterocycles. The van der Waals surface area contributed by atoms with Crippen molar-refractivity contribution in [3.8, 4) is 0 Å². The third-order valence-corrected chi connectivity index (χ3v) is 3.84. The van der Waals surface area contributed by atoms with Crippen LogP contribution in [0.4, 0.5) is 10.1 Å². The SMILES string of the molecule is C=CS(=O)(=O)CCN(C(=O)CC)c1cccc(F)c1. The van der Waals surface area contributed by atoms with Gasteiger partial charge in [-0.2, -0.15) is 0 Å². The van der Waals surface area contributed by atoms with Crippen molar-refractivity contribution in [3.63, 3.8) is 0 Å². The van der Waals surface area contributed by atoms with Gasteiger partial charge in [0.15, 0.2) is 9.84 Å². The lowest BCUT2D eigenvalue weighted by Gasteiger charge is -2.22. The Balaban J connectivity index is 2.96. The largest absolute Gasteiger partial charge is 0.311 e. The normalized spacial score (nSPS) is 11.1. The monoisotopic (exact) mass is 285 g/mol. The second kappa shape index (κ2) is 6.47. The number of hydrogen-bond donors (Lipinski definition) is 0. The molecule has 19 heavy (non-hydrogen) atoms. The summed E-state index contributed by atoms with van der Waals surface area (Å²) in [6.45, 7) is 4.85. The molecule has 0 atom stereocenters. The first-order valence-corrected chi connectivity index (χ1v) is 7.52. The minimum absolute atomic E-state index is 0.0233. The molecule has 0 bridgehead atoms. The van der Waals surface area contributed by atoms with E-state index in [-0.39, 0.29) is 24.6 Å². The summed E-state index contributed by atoms with van der Waals surface area (Å²) >= 11 is 0. The summed E-state index contributed by atoms with van der Waals surface area (Å²) in [6.07, 6.45) is 0.213. The van der Waals surface area contributed by atoms with Gasteiger partial charge in [-0.15, -0.1) is 0 Å². The zero-order valence-electron chi connectivity index (χ0n) is 10.7. The van der Waals surface area contributed by atoms with Gasteiger partial charge < -0.3 is 4.90 Å². The van der Waals surface area contributed by atoms with E-state index in [2.05, 4.69) is 6.58 Å². The van der Waals surface area contributed by atoms with Crippen molar-refractivity contribution in [2.75, 3.05) is 17.2 Å². The molecule has 0 unspecified atom stereocenters. The van der Waals surface area contributed by atoms with Gasteiger partial charge in [-0.25, -0.2) is 12.8 Å². The summed E-state index contributed by atoms with van der Waals surface area (Å²) in [7, 11) is -3.40. The lowest BCUT2D eigenvalue weighted by molar-refractivity contribution is -0.118. The Kier molecular flexibility index (Phi) is 5.23. The molecule has 0 N–H and O–H groups in total. The Hall–Kier alpha value is -1.69. The molecule has 0 saturated heterocycles. The average Bonchev–Trinajstić information content (AvgIpc) is 2.38. The van der Waals surface area contributed by atoms with Crippen molar-refractivity contribution in [2.45, 2.75) is 13.3 Å². The Bertz CT molecular complexity index is 569. The molecular weight excluding hydrogens is 269 g/mol. The van der Waals surface area contributed by atoms with Crippen LogP contribution in [0.3, 0.4) is 0 Å². The lowest BCUT2D eigenvalue weighted by Crippen LogP contribution is -2.34. The first kappa shape index (κ1) is 15.4. The number of carbonyl (C=O) groups is 1. The zero-order valence-corrected chi connectivity index (χ0v) is 11.5. The first-order valence-electron chi connectivity index (χ1n) is 5.80. The highest BCUT2D eigenvalue weighted by atomic mass is 32.2. The highest BCUT2D eigenvalue weighted by molar-refractivity contribution is 7.94. The lowest BCUT2D eigenvalue weighted by atomic mass is 10.2. The molecule has 104 valence electrons. The van der Waals surface area contributed by atoms with E-state index >= 15 is 0 Å². The highest BCUT2D eigenvalue weighted by Gasteiger charge is 2.17. The van der Waals surface area contributed by atoms with Crippen molar-refractivity contribution < 1.29 is 17.6 Å². The number of halogens is 1. The summed E-state index contributed by atoms with van der Waals surface area (Å²) in [6, 6.07) is 5.51. The first-order chi connectivity index (χ1) is 8.89. The van der Waals surface area contributed by atoms with Crippen LogP contribution in [0.5, 0.6) is 0 Å². The van der Waals surface area contributed by atoms with Crippen LogP contribution in [0.1, 0.15) is 13.3 Å². The molecule has 1 aromatic carbocycles. The summed E-state index contributed by atoms with van der Waals surface area (Å²) in [5, 5.41) is 0.854. The van der Waals surface area contributed by atoms with E-state index in [1.807, 2.05) is 0 Å². The molecule has 1 aromatic rings. The average molecular weight is 285 g/mol. The third kappa shape index (κ3) is 4.48. The number of sulfone groups is 1. The zero-order chi connectivity index (χ0) is 14.5. The van der Waals surface area contributed by atoms with Crippen LogP contribution < -0.4 is 4.90 Å². The van der Waals surface area contributed by atoms with Gasteiger partial charge in [0.05, 0.1) is 5.75 Å². The summed E-state index contributed by atoms with van der Waals surface area (Å²) in [5.74, 6) is -0.971. The maximum absolute atomic E-state index is 13.2. The van der Waals surface area contributed by atoms with E-state index in [1.54, 1.807) is 13.0 Å². The number of hydrogen-bond acceptors (Lipinski definition) is 3. The Labute approximate surface area is 112 Å². The Morgan fingerprint density at radius 1 is 1.47 bits per heavy atom. The number of amides is 1. The molecule has 4 nitrogen and oxygen atoms in total. The standard InChI is InChI=1S/C13H16FNO3S/c1-3-13(16)15(8-9-19(17,18)4-2)12-7-5-6-11(14)10-12/h4-7,10H,2-3,8-9H2,1H3. The summed E-state index contributed by atoms with van der Waals surface area (Å²) in [5.41, 5.74) is 0.353. The van der Waals surface area contributed by atoms with E-state index in [1.165, 1.54) is 23.1 Å². The van der Waals surface area contributed by atoms with E-state index in [9.17, 15) is 17.6 Å². The number of rotatable bonds is 6. The van der Waals surface area contributed by atoms with Gasteiger partial charge in [0.1, 0.15) is 5.82 Å². The molecule has 1 rings (SSSR count). The number of carbonyl (C=O) groups excluding carboxylic acids is 1. The van der Waals surface area contributed by atoms with Gasteiger partial charge in [-0.05, 0) is 18.2 Å². The second-order valence-electron chi connectivity index (χ2n) is 3.91. The molecule has 0 aliphatic rings. The van der Waals surface area contributed by atoms with Gasteiger partial charge >= 0.3 is 0 Å². The van der Waals surface area contributed by atoms with Crippen LogP contribution in [0.2, 0.25) is 0 Å². The Morgan fingerprint density at radius 2 is 2.16 bits per heavy atom. The molecule has 0 aliphatic heterocycles. The third-order valence-electron chi connectivity index (χ3n) is 2.58. The van der Waals surface area contributed by atoms with Crippen molar-refractivity contribution >= 4 is 21.4 Å². The quantitative estimate of drug-likeness (QED) is 0.804. The molecule has 0 aliphatic carbocycles. The van der Waals surface area contributed by atoms with Crippen LogP contribution in [-0.4, -0.2) is 26.6 Å². The fraction of sp³-hybridized carbons (Fsp3) is 0.308. The van der Waals surface area contributed by atoms with Crippen LogP contribution >= 0.6 is 0 Å². The molecule has 0 radical (unpaired) electrons. The smallest absolute Gasteiger partial charge is 0.226 e. The van der Waals surface area contributed by atoms with Crippen molar-refractivity contribution in [3.05, 3.63) is 42.1 Å². The molecule has 0 saturated carbocycles. The molecule has 1 amide bonds. The number of nitrogens with zero attached hydrogens (tertiary/aromatic N) is 1. The van der Waals surface area contributed by atoms with Crippen LogP contribution in [-0.2, 0) is 14.6 Å². The predicted molar refractivity (Wildman–Crippen MR) is 73.0 cm³/mol. The van der Waals surface area contributed by atoms with Gasteiger partial charge in [-0.3, -0.25) is 4.79 Å². The van der Waals surface area contributed by atoms with Gasteiger partial charge in [0.25, 0.3) is 0 Å². The van der Waals surface area contributed by atoms with Crippen LogP contribution in [0.25, 0.3) is 0 Å². The van der Waals surface area contributed by atoms with Gasteiger partial charge in [0.2, 0.25) is 5.91 Å². The molecule has 0 aromatic heterocycles. The van der Waals surface area contributed by atoms with E-state index in [4.69, 9.17) is 0 Å². The number of benzene rings is 1. The topological polar surface area (TPSA) is 54.5 Å². The Morgan fingerprint density at radius 3 is 2.68 bits per heavy atom. The molecule has 6 heteroatoms. The van der Waals surface area contributed by atoms with Crippen LogP contribution in [0.15, 0.2) is 36.3 Å². The minimum Gasteiger partial charge on any atom is -0.311 e. The van der Waals surface area contributed by atoms with E-state index in [0.717, 1.165) is 5.41 Å². The maximum atomic E-state index is 13.2. The van der Waals surface area contributed by atoms with Crippen molar-refractivity contribution in [2.24, 2.45) is 0 Å². The van der Waals surface area contributed by atoms with E-state index < -0.39 is 15.7 Å². The van der Waals surface area contributed by atoms with Gasteiger partial charge in [-0.1, -0.05) is 19.6 Å². The molecular formula is C13H16FNO3S. The highest BCUT2D eigenvalue weighted by Crippen LogP contribution is 2.16. The maximum Gasteiger partial charge on any atom is 0.226 e. The summed E-state index contributed by atoms with van der Waals surface area (Å²) < 4.78 is 35.9. The fourth-order valence-electron chi connectivity index (χ4n) is 1.53.